The Kier molecular flexibility index (Phi) is 8.58. The predicted molar refractivity (Wildman–Crippen MR) is 132 cm³/mol. The molecule has 32 heavy (non-hydrogen) atoms. The molecule has 1 heterocycles. The molecule has 8 heteroatoms. The van der Waals surface area contributed by atoms with Gasteiger partial charge in [0.25, 0.3) is 5.91 Å². The Morgan fingerprint density at radius 3 is 2.38 bits per heavy atom. The highest BCUT2D eigenvalue weighted by Gasteiger charge is 2.22. The Morgan fingerprint density at radius 2 is 1.75 bits per heavy atom. The molecule has 1 fully saturated rings. The van der Waals surface area contributed by atoms with E-state index in [4.69, 9.17) is 31.2 Å². The van der Waals surface area contributed by atoms with Crippen LogP contribution in [0.1, 0.15) is 18.1 Å². The molecule has 2 aromatic rings. The fourth-order valence-electron chi connectivity index (χ4n) is 3.00. The second-order valence-electron chi connectivity index (χ2n) is 6.67. The zero-order valence-electron chi connectivity index (χ0n) is 18.0. The molecule has 0 unspecified atom stereocenters. The molecular weight excluding hydrogens is 446 g/mol. The van der Waals surface area contributed by atoms with Crippen LogP contribution in [0.2, 0.25) is 0 Å². The van der Waals surface area contributed by atoms with Gasteiger partial charge in [0.2, 0.25) is 0 Å². The van der Waals surface area contributed by atoms with Crippen molar-refractivity contribution in [1.29, 1.82) is 0 Å². The van der Waals surface area contributed by atoms with Gasteiger partial charge in [-0.3, -0.25) is 4.79 Å². The summed E-state index contributed by atoms with van der Waals surface area (Å²) in [7, 11) is 1.61. The minimum absolute atomic E-state index is 0.191. The van der Waals surface area contributed by atoms with Gasteiger partial charge < -0.3 is 24.3 Å². The number of carbonyl (C=O) groups excluding carboxylic acids is 1. The highest BCUT2D eigenvalue weighted by Crippen LogP contribution is 2.32. The standard InChI is InChI=1S/C24H25NO5S2/c1-4-6-16-7-9-18(20(13-16)27-3)29-11-12-30-19-10-8-17(14-21(19)28-5-2)15-22-23(26)25-24(31)32-22/h4,7-10,13-15H,1,5-6,11-12H2,2-3H3,(H,25,26,31). The molecule has 1 N–H and O–H groups in total. The van der Waals surface area contributed by atoms with Crippen molar-refractivity contribution in [1.82, 2.24) is 5.32 Å². The third-order valence-corrected chi connectivity index (χ3v) is 5.58. The smallest absolute Gasteiger partial charge is 0.263 e. The molecule has 2 aromatic carbocycles. The van der Waals surface area contributed by atoms with Crippen molar-refractivity contribution < 1.29 is 23.7 Å². The van der Waals surface area contributed by atoms with Gasteiger partial charge in [0.05, 0.1) is 18.6 Å². The number of thiocarbonyl (C=S) groups is 1. The minimum atomic E-state index is -0.191. The molecule has 1 amide bonds. The topological polar surface area (TPSA) is 66.0 Å². The maximum Gasteiger partial charge on any atom is 0.263 e. The van der Waals surface area contributed by atoms with Crippen LogP contribution in [-0.2, 0) is 11.2 Å². The molecule has 6 nitrogen and oxygen atoms in total. The van der Waals surface area contributed by atoms with E-state index in [1.165, 1.54) is 11.8 Å². The van der Waals surface area contributed by atoms with E-state index >= 15 is 0 Å². The average molecular weight is 472 g/mol. The number of rotatable bonds is 11. The molecule has 1 aliphatic heterocycles. The maximum absolute atomic E-state index is 11.9. The molecule has 0 radical (unpaired) electrons. The SMILES string of the molecule is C=CCc1ccc(OCCOc2ccc(C=C3SC(=S)NC3=O)cc2OCC)c(OC)c1. The number of carbonyl (C=O) groups is 1. The Morgan fingerprint density at radius 1 is 1.03 bits per heavy atom. The van der Waals surface area contributed by atoms with Gasteiger partial charge in [-0.25, -0.2) is 0 Å². The number of methoxy groups -OCH3 is 1. The summed E-state index contributed by atoms with van der Waals surface area (Å²) in [6, 6.07) is 11.3. The van der Waals surface area contributed by atoms with Crippen LogP contribution in [0.3, 0.4) is 0 Å². The normalized spacial score (nSPS) is 14.2. The molecule has 0 spiro atoms. The van der Waals surface area contributed by atoms with Crippen LogP contribution in [0, 0.1) is 0 Å². The Balaban J connectivity index is 1.62. The summed E-state index contributed by atoms with van der Waals surface area (Å²) in [6.45, 7) is 6.80. The van der Waals surface area contributed by atoms with Gasteiger partial charge in [0.15, 0.2) is 23.0 Å². The molecule has 168 valence electrons. The summed E-state index contributed by atoms with van der Waals surface area (Å²) in [4.78, 5) is 12.4. The lowest BCUT2D eigenvalue weighted by Crippen LogP contribution is -2.17. The monoisotopic (exact) mass is 471 g/mol. The van der Waals surface area contributed by atoms with Gasteiger partial charge in [-0.05, 0) is 54.8 Å². The number of ether oxygens (including phenoxy) is 4. The van der Waals surface area contributed by atoms with Crippen molar-refractivity contribution in [2.45, 2.75) is 13.3 Å². The van der Waals surface area contributed by atoms with Crippen molar-refractivity contribution >= 4 is 40.3 Å². The Bertz CT molecular complexity index is 1040. The van der Waals surface area contributed by atoms with Crippen LogP contribution in [0.5, 0.6) is 23.0 Å². The number of thioether (sulfide) groups is 1. The van der Waals surface area contributed by atoms with E-state index in [2.05, 4.69) is 11.9 Å². The van der Waals surface area contributed by atoms with Gasteiger partial charge in [-0.15, -0.1) is 6.58 Å². The number of hydrogen-bond acceptors (Lipinski definition) is 7. The summed E-state index contributed by atoms with van der Waals surface area (Å²) < 4.78 is 23.3. The average Bonchev–Trinajstić information content (AvgIpc) is 3.10. The lowest BCUT2D eigenvalue weighted by Gasteiger charge is -2.14. The highest BCUT2D eigenvalue weighted by atomic mass is 32.2. The molecule has 0 aromatic heterocycles. The number of nitrogens with one attached hydrogen (secondary N) is 1. The fourth-order valence-corrected chi connectivity index (χ4v) is 4.05. The van der Waals surface area contributed by atoms with Crippen LogP contribution in [0.4, 0.5) is 0 Å². The number of allylic oxidation sites excluding steroid dienone is 1. The van der Waals surface area contributed by atoms with Crippen molar-refractivity contribution in [3.8, 4) is 23.0 Å². The molecule has 3 rings (SSSR count). The minimum Gasteiger partial charge on any atom is -0.493 e. The first-order chi connectivity index (χ1) is 15.5. The molecule has 0 aliphatic carbocycles. The first kappa shape index (κ1) is 23.7. The van der Waals surface area contributed by atoms with Gasteiger partial charge in [-0.2, -0.15) is 0 Å². The van der Waals surface area contributed by atoms with E-state index < -0.39 is 0 Å². The number of benzene rings is 2. The van der Waals surface area contributed by atoms with Crippen molar-refractivity contribution in [3.63, 3.8) is 0 Å². The highest BCUT2D eigenvalue weighted by molar-refractivity contribution is 8.26. The van der Waals surface area contributed by atoms with E-state index in [0.29, 0.717) is 52.0 Å². The Labute approximate surface area is 197 Å². The summed E-state index contributed by atoms with van der Waals surface area (Å²) >= 11 is 6.27. The third kappa shape index (κ3) is 6.27. The van der Waals surface area contributed by atoms with E-state index in [-0.39, 0.29) is 5.91 Å². The molecule has 0 atom stereocenters. The lowest BCUT2D eigenvalue weighted by atomic mass is 10.1. The largest absolute Gasteiger partial charge is 0.493 e. The van der Waals surface area contributed by atoms with Gasteiger partial charge in [-0.1, -0.05) is 42.2 Å². The van der Waals surface area contributed by atoms with Crippen LogP contribution < -0.4 is 24.3 Å². The van der Waals surface area contributed by atoms with Gasteiger partial charge >= 0.3 is 0 Å². The van der Waals surface area contributed by atoms with Crippen LogP contribution in [-0.4, -0.2) is 37.2 Å². The molecule has 0 bridgehead atoms. The van der Waals surface area contributed by atoms with Crippen molar-refractivity contribution in [2.24, 2.45) is 0 Å². The quantitative estimate of drug-likeness (QED) is 0.219. The van der Waals surface area contributed by atoms with E-state index in [0.717, 1.165) is 17.5 Å². The summed E-state index contributed by atoms with van der Waals surface area (Å²) in [6.07, 6.45) is 4.39. The van der Waals surface area contributed by atoms with E-state index in [1.807, 2.05) is 49.4 Å². The van der Waals surface area contributed by atoms with E-state index in [1.54, 1.807) is 13.2 Å². The summed E-state index contributed by atoms with van der Waals surface area (Å²) in [5.74, 6) is 2.33. The van der Waals surface area contributed by atoms with E-state index in [9.17, 15) is 4.79 Å². The molecule has 1 saturated heterocycles. The zero-order chi connectivity index (χ0) is 22.9. The van der Waals surface area contributed by atoms with Gasteiger partial charge in [0, 0.05) is 0 Å². The summed E-state index contributed by atoms with van der Waals surface area (Å²) in [5.41, 5.74) is 1.93. The number of amides is 1. The first-order valence-corrected chi connectivity index (χ1v) is 11.3. The second kappa shape index (κ2) is 11.6. The molecule has 1 aliphatic rings. The van der Waals surface area contributed by atoms with Crippen LogP contribution in [0.25, 0.3) is 6.08 Å². The summed E-state index contributed by atoms with van der Waals surface area (Å²) in [5, 5.41) is 2.61. The lowest BCUT2D eigenvalue weighted by molar-refractivity contribution is -0.115. The van der Waals surface area contributed by atoms with Gasteiger partial charge in [0.1, 0.15) is 17.5 Å². The molecular formula is C24H25NO5S2. The molecule has 0 saturated carbocycles. The first-order valence-electron chi connectivity index (χ1n) is 10.1. The van der Waals surface area contributed by atoms with Crippen LogP contribution >= 0.6 is 24.0 Å². The van der Waals surface area contributed by atoms with Crippen molar-refractivity contribution in [2.75, 3.05) is 26.9 Å². The Hall–Kier alpha value is -2.97. The van der Waals surface area contributed by atoms with Crippen molar-refractivity contribution in [3.05, 3.63) is 65.1 Å². The number of hydrogen-bond donors (Lipinski definition) is 1. The van der Waals surface area contributed by atoms with Crippen LogP contribution in [0.15, 0.2) is 54.0 Å². The maximum atomic E-state index is 11.9. The predicted octanol–water partition coefficient (Wildman–Crippen LogP) is 4.77. The second-order valence-corrected chi connectivity index (χ2v) is 8.39. The fraction of sp³-hybridized carbons (Fsp3) is 0.250. The third-order valence-electron chi connectivity index (χ3n) is 4.41. The zero-order valence-corrected chi connectivity index (χ0v) is 19.6.